The van der Waals surface area contributed by atoms with Crippen LogP contribution >= 0.6 is 11.6 Å². The molecule has 0 aromatic heterocycles. The van der Waals surface area contributed by atoms with E-state index in [9.17, 15) is 9.59 Å². The highest BCUT2D eigenvalue weighted by molar-refractivity contribution is 6.34. The predicted octanol–water partition coefficient (Wildman–Crippen LogP) is 2.58. The molecule has 2 fully saturated rings. The number of anilines is 1. The van der Waals surface area contributed by atoms with Gasteiger partial charge in [-0.3, -0.25) is 9.59 Å². The molecule has 2 saturated heterocycles. The maximum absolute atomic E-state index is 12.4. The smallest absolute Gasteiger partial charge is 0.252 e. The van der Waals surface area contributed by atoms with Crippen LogP contribution in [0.5, 0.6) is 0 Å². The van der Waals surface area contributed by atoms with Crippen molar-refractivity contribution in [3.8, 4) is 0 Å². The standard InChI is InChI=1S/C19H26ClN3O3/c1-26-7-6-21-19(25)16-5-4-15(11-17(16)20)23-18(24)10-12-8-13-2-3-14(9-12)22-13/h4-5,11-14,22H,2-3,6-10H2,1H3,(H,21,25)(H,23,24). The second kappa shape index (κ2) is 8.84. The van der Waals surface area contributed by atoms with Crippen molar-refractivity contribution in [3.05, 3.63) is 28.8 Å². The lowest BCUT2D eigenvalue weighted by atomic mass is 9.89. The number of fused-ring (bicyclic) bond motifs is 2. The van der Waals surface area contributed by atoms with E-state index in [0.717, 1.165) is 12.8 Å². The van der Waals surface area contributed by atoms with Gasteiger partial charge >= 0.3 is 0 Å². The lowest BCUT2D eigenvalue weighted by molar-refractivity contribution is -0.117. The number of piperidine rings is 1. The molecule has 3 N–H and O–H groups in total. The Hall–Kier alpha value is -1.63. The summed E-state index contributed by atoms with van der Waals surface area (Å²) in [6.45, 7) is 0.859. The van der Waals surface area contributed by atoms with Gasteiger partial charge in [0.15, 0.2) is 0 Å². The van der Waals surface area contributed by atoms with Gasteiger partial charge in [0.25, 0.3) is 5.91 Å². The summed E-state index contributed by atoms with van der Waals surface area (Å²) in [5.74, 6) is 0.190. The Labute approximate surface area is 159 Å². The lowest BCUT2D eigenvalue weighted by Crippen LogP contribution is -2.39. The Morgan fingerprint density at radius 3 is 2.65 bits per heavy atom. The summed E-state index contributed by atoms with van der Waals surface area (Å²) in [6.07, 6.45) is 5.14. The van der Waals surface area contributed by atoms with Gasteiger partial charge in [-0.25, -0.2) is 0 Å². The first-order chi connectivity index (χ1) is 12.5. The number of methoxy groups -OCH3 is 1. The van der Waals surface area contributed by atoms with Crippen molar-refractivity contribution >= 4 is 29.1 Å². The van der Waals surface area contributed by atoms with E-state index in [-0.39, 0.29) is 11.8 Å². The first-order valence-electron chi connectivity index (χ1n) is 9.17. The summed E-state index contributed by atoms with van der Waals surface area (Å²) >= 11 is 6.21. The Kier molecular flexibility index (Phi) is 6.51. The molecule has 2 atom stereocenters. The highest BCUT2D eigenvalue weighted by Gasteiger charge is 2.34. The summed E-state index contributed by atoms with van der Waals surface area (Å²) in [4.78, 5) is 24.4. The van der Waals surface area contributed by atoms with Crippen molar-refractivity contribution in [2.45, 2.75) is 44.2 Å². The van der Waals surface area contributed by atoms with Crippen LogP contribution in [0.2, 0.25) is 5.02 Å². The minimum atomic E-state index is -0.255. The molecular weight excluding hydrogens is 354 g/mol. The maximum Gasteiger partial charge on any atom is 0.252 e. The number of ether oxygens (including phenoxy) is 1. The number of hydrogen-bond donors (Lipinski definition) is 3. The minimum Gasteiger partial charge on any atom is -0.383 e. The van der Waals surface area contributed by atoms with Crippen molar-refractivity contribution in [3.63, 3.8) is 0 Å². The van der Waals surface area contributed by atoms with E-state index in [0.29, 0.717) is 53.8 Å². The fraction of sp³-hybridized carbons (Fsp3) is 0.579. The monoisotopic (exact) mass is 379 g/mol. The first kappa shape index (κ1) is 19.1. The fourth-order valence-corrected chi connectivity index (χ4v) is 4.22. The highest BCUT2D eigenvalue weighted by atomic mass is 35.5. The van der Waals surface area contributed by atoms with E-state index in [1.165, 1.54) is 12.8 Å². The Morgan fingerprint density at radius 1 is 1.27 bits per heavy atom. The lowest BCUT2D eigenvalue weighted by Gasteiger charge is -2.28. The third-order valence-electron chi connectivity index (χ3n) is 5.13. The molecule has 7 heteroatoms. The van der Waals surface area contributed by atoms with Gasteiger partial charge in [-0.2, -0.15) is 0 Å². The van der Waals surface area contributed by atoms with E-state index in [1.54, 1.807) is 25.3 Å². The van der Waals surface area contributed by atoms with Crippen molar-refractivity contribution in [1.29, 1.82) is 0 Å². The van der Waals surface area contributed by atoms with E-state index >= 15 is 0 Å². The van der Waals surface area contributed by atoms with Crippen LogP contribution in [-0.4, -0.2) is 44.2 Å². The molecule has 0 aliphatic carbocycles. The SMILES string of the molecule is COCCNC(=O)c1ccc(NC(=O)CC2CC3CCC(C2)N3)cc1Cl. The van der Waals surface area contributed by atoms with Crippen molar-refractivity contribution in [2.75, 3.05) is 25.6 Å². The predicted molar refractivity (Wildman–Crippen MR) is 102 cm³/mol. The van der Waals surface area contributed by atoms with Crippen LogP contribution in [-0.2, 0) is 9.53 Å². The van der Waals surface area contributed by atoms with Gasteiger partial charge in [0, 0.05) is 37.8 Å². The average Bonchev–Trinajstić information content (AvgIpc) is 2.93. The van der Waals surface area contributed by atoms with Crippen LogP contribution in [0, 0.1) is 5.92 Å². The summed E-state index contributed by atoms with van der Waals surface area (Å²) in [5.41, 5.74) is 1.00. The molecule has 2 unspecified atom stereocenters. The molecule has 142 valence electrons. The Morgan fingerprint density at radius 2 is 2.00 bits per heavy atom. The summed E-state index contributed by atoms with van der Waals surface area (Å²) in [7, 11) is 1.57. The largest absolute Gasteiger partial charge is 0.383 e. The molecule has 2 aliphatic heterocycles. The Bertz CT molecular complexity index is 655. The third kappa shape index (κ3) is 4.96. The van der Waals surface area contributed by atoms with Crippen molar-refractivity contribution < 1.29 is 14.3 Å². The highest BCUT2D eigenvalue weighted by Crippen LogP contribution is 2.33. The number of amides is 2. The molecule has 1 aromatic carbocycles. The second-order valence-corrected chi connectivity index (χ2v) is 7.58. The number of benzene rings is 1. The molecule has 3 rings (SSSR count). The molecule has 2 amide bonds. The molecule has 26 heavy (non-hydrogen) atoms. The summed E-state index contributed by atoms with van der Waals surface area (Å²) < 4.78 is 4.90. The van der Waals surface area contributed by atoms with Gasteiger partial charge in [-0.15, -0.1) is 0 Å². The zero-order valence-electron chi connectivity index (χ0n) is 15.0. The second-order valence-electron chi connectivity index (χ2n) is 7.17. The summed E-state index contributed by atoms with van der Waals surface area (Å²) in [5, 5.41) is 9.54. The van der Waals surface area contributed by atoms with Crippen LogP contribution in [0.3, 0.4) is 0 Å². The molecule has 6 nitrogen and oxygen atoms in total. The number of halogens is 1. The molecule has 0 radical (unpaired) electrons. The van der Waals surface area contributed by atoms with E-state index in [1.807, 2.05) is 0 Å². The number of carbonyl (C=O) groups is 2. The summed E-state index contributed by atoms with van der Waals surface area (Å²) in [6, 6.07) is 6.12. The van der Waals surface area contributed by atoms with Crippen LogP contribution in [0.15, 0.2) is 18.2 Å². The van der Waals surface area contributed by atoms with Gasteiger partial charge in [0.1, 0.15) is 0 Å². The van der Waals surface area contributed by atoms with Crippen LogP contribution in [0.4, 0.5) is 5.69 Å². The zero-order valence-corrected chi connectivity index (χ0v) is 15.8. The average molecular weight is 380 g/mol. The first-order valence-corrected chi connectivity index (χ1v) is 9.55. The van der Waals surface area contributed by atoms with Crippen LogP contribution in [0.25, 0.3) is 0 Å². The van der Waals surface area contributed by atoms with Gasteiger partial charge in [0.2, 0.25) is 5.91 Å². The number of hydrogen-bond acceptors (Lipinski definition) is 4. The van der Waals surface area contributed by atoms with E-state index in [4.69, 9.17) is 16.3 Å². The third-order valence-corrected chi connectivity index (χ3v) is 5.45. The van der Waals surface area contributed by atoms with Crippen LogP contribution in [0.1, 0.15) is 42.5 Å². The number of carbonyl (C=O) groups excluding carboxylic acids is 2. The van der Waals surface area contributed by atoms with Gasteiger partial charge in [0.05, 0.1) is 17.2 Å². The fourth-order valence-electron chi connectivity index (χ4n) is 3.95. The quantitative estimate of drug-likeness (QED) is 0.636. The number of nitrogens with one attached hydrogen (secondary N) is 3. The normalized spacial score (nSPS) is 24.3. The zero-order chi connectivity index (χ0) is 18.5. The topological polar surface area (TPSA) is 79.5 Å². The number of rotatable bonds is 7. The van der Waals surface area contributed by atoms with Crippen molar-refractivity contribution in [1.82, 2.24) is 10.6 Å². The van der Waals surface area contributed by atoms with Gasteiger partial charge in [-0.1, -0.05) is 11.6 Å². The van der Waals surface area contributed by atoms with E-state index < -0.39 is 0 Å². The molecule has 2 bridgehead atoms. The maximum atomic E-state index is 12.4. The van der Waals surface area contributed by atoms with E-state index in [2.05, 4.69) is 16.0 Å². The molecule has 1 aromatic rings. The van der Waals surface area contributed by atoms with Gasteiger partial charge in [-0.05, 0) is 49.8 Å². The molecule has 2 heterocycles. The minimum absolute atomic E-state index is 0.00432. The van der Waals surface area contributed by atoms with Crippen LogP contribution < -0.4 is 16.0 Å². The molecule has 2 aliphatic rings. The molecule has 0 saturated carbocycles. The van der Waals surface area contributed by atoms with Gasteiger partial charge < -0.3 is 20.7 Å². The molecular formula is C19H26ClN3O3. The molecule has 0 spiro atoms. The van der Waals surface area contributed by atoms with Crippen molar-refractivity contribution in [2.24, 2.45) is 5.92 Å². The Balaban J connectivity index is 1.52.